The number of rotatable bonds is 7. The van der Waals surface area contributed by atoms with Crippen LogP contribution >= 0.6 is 0 Å². The van der Waals surface area contributed by atoms with Crippen LogP contribution in [-0.4, -0.2) is 41.9 Å². The Morgan fingerprint density at radius 1 is 0.941 bits per heavy atom. The summed E-state index contributed by atoms with van der Waals surface area (Å²) in [6.45, 7) is 3.42. The summed E-state index contributed by atoms with van der Waals surface area (Å²) in [6, 6.07) is 18.0. The lowest BCUT2D eigenvalue weighted by atomic mass is 9.67. The van der Waals surface area contributed by atoms with Gasteiger partial charge in [0.05, 0.1) is 7.11 Å². The Labute approximate surface area is 201 Å². The van der Waals surface area contributed by atoms with Crippen molar-refractivity contribution in [2.45, 2.75) is 63.6 Å². The van der Waals surface area contributed by atoms with E-state index >= 15 is 0 Å². The zero-order valence-electron chi connectivity index (χ0n) is 20.1. The van der Waals surface area contributed by atoms with Gasteiger partial charge in [0.25, 0.3) is 0 Å². The molecule has 1 aliphatic heterocycles. The number of likely N-dealkylation sites (tertiary alicyclic amines) is 1. The molecular formula is C28H33NO5. The van der Waals surface area contributed by atoms with E-state index in [0.29, 0.717) is 17.0 Å². The first-order chi connectivity index (χ1) is 16.4. The van der Waals surface area contributed by atoms with Crippen LogP contribution in [0.15, 0.2) is 60.7 Å². The molecule has 180 valence electrons. The van der Waals surface area contributed by atoms with Gasteiger partial charge < -0.3 is 14.4 Å². The number of hydrogen-bond acceptors (Lipinski definition) is 5. The normalized spacial score (nSPS) is 22.0. The molecule has 1 heterocycles. The maximum Gasteiger partial charge on any atom is 0.320 e. The fourth-order valence-corrected chi connectivity index (χ4v) is 5.88. The van der Waals surface area contributed by atoms with Crippen LogP contribution in [0.2, 0.25) is 0 Å². The number of hydrogen-bond donors (Lipinski definition) is 0. The summed E-state index contributed by atoms with van der Waals surface area (Å²) in [6.07, 6.45) is 5.55. The Morgan fingerprint density at radius 3 is 1.94 bits per heavy atom. The van der Waals surface area contributed by atoms with E-state index in [9.17, 15) is 14.4 Å². The molecule has 2 aliphatic rings. The van der Waals surface area contributed by atoms with Gasteiger partial charge in [-0.05, 0) is 25.7 Å². The first-order valence-electron chi connectivity index (χ1n) is 12.1. The summed E-state index contributed by atoms with van der Waals surface area (Å²) in [5.41, 5.74) is 0.0663. The van der Waals surface area contributed by atoms with Gasteiger partial charge in [0.1, 0.15) is 6.04 Å². The van der Waals surface area contributed by atoms with Crippen molar-refractivity contribution in [3.63, 3.8) is 0 Å². The van der Waals surface area contributed by atoms with Crippen molar-refractivity contribution < 1.29 is 23.9 Å². The van der Waals surface area contributed by atoms with Crippen LogP contribution in [0, 0.1) is 11.8 Å². The Kier molecular flexibility index (Phi) is 7.05. The number of β-lactam (4-membered cyclic amide) rings is 1. The third-order valence-corrected chi connectivity index (χ3v) is 7.49. The van der Waals surface area contributed by atoms with Gasteiger partial charge in [-0.1, -0.05) is 79.9 Å². The predicted octanol–water partition coefficient (Wildman–Crippen LogP) is 4.46. The van der Waals surface area contributed by atoms with Crippen LogP contribution in [0.1, 0.15) is 57.1 Å². The molecule has 6 heteroatoms. The second kappa shape index (κ2) is 10.00. The molecule has 4 rings (SSSR count). The van der Waals surface area contributed by atoms with Gasteiger partial charge in [0, 0.05) is 24.1 Å². The second-order valence-electron chi connectivity index (χ2n) is 9.39. The Hall–Kier alpha value is -3.15. The average molecular weight is 464 g/mol. The smallest absolute Gasteiger partial charge is 0.320 e. The molecule has 1 saturated heterocycles. The maximum absolute atomic E-state index is 13.5. The fraction of sp³-hybridized carbons (Fsp3) is 0.464. The van der Waals surface area contributed by atoms with Gasteiger partial charge in [-0.25, -0.2) is 0 Å². The topological polar surface area (TPSA) is 72.9 Å². The van der Waals surface area contributed by atoms with Crippen LogP contribution in [0.3, 0.4) is 0 Å². The molecule has 2 aromatic carbocycles. The Balaban J connectivity index is 1.92. The van der Waals surface area contributed by atoms with Crippen LogP contribution < -0.4 is 0 Å². The minimum absolute atomic E-state index is 0.0962. The highest BCUT2D eigenvalue weighted by Gasteiger charge is 2.65. The van der Waals surface area contributed by atoms with Crippen molar-refractivity contribution in [1.82, 2.24) is 4.90 Å². The number of nitrogens with zero attached hydrogens (tertiary/aromatic N) is 1. The standard InChI is InChI=1S/C28H33NO5/c1-19(21-13-7-4-8-14-21)29-25(24(26(29)31)27(32)33-3)28(34-20(2)30,22-15-9-5-10-16-22)23-17-11-6-12-18-23/h5-6,9-12,15-19,21,24-25H,4,7-8,13-14H2,1-3H3/t19?,24-,25+/m0/s1. The molecule has 1 amide bonds. The number of ether oxygens (including phenoxy) is 2. The van der Waals surface area contributed by atoms with E-state index in [1.807, 2.05) is 60.7 Å². The minimum Gasteiger partial charge on any atom is -0.468 e. The molecular weight excluding hydrogens is 430 g/mol. The molecule has 0 bridgehead atoms. The van der Waals surface area contributed by atoms with E-state index < -0.39 is 29.5 Å². The summed E-state index contributed by atoms with van der Waals surface area (Å²) in [5, 5.41) is 0. The summed E-state index contributed by atoms with van der Waals surface area (Å²) in [5.74, 6) is -2.08. The molecule has 1 saturated carbocycles. The SMILES string of the molecule is COC(=O)[C@@H]1C(=O)N(C(C)C2CCCCC2)[C@H]1C(OC(C)=O)(c1ccccc1)c1ccccc1. The van der Waals surface area contributed by atoms with Crippen LogP contribution in [0.25, 0.3) is 0 Å². The van der Waals surface area contributed by atoms with E-state index in [0.717, 1.165) is 25.7 Å². The lowest BCUT2D eigenvalue weighted by molar-refractivity contribution is -0.202. The molecule has 0 spiro atoms. The molecule has 3 atom stereocenters. The van der Waals surface area contributed by atoms with Gasteiger partial charge in [-0.2, -0.15) is 0 Å². The maximum atomic E-state index is 13.5. The highest BCUT2D eigenvalue weighted by atomic mass is 16.6. The summed E-state index contributed by atoms with van der Waals surface area (Å²) >= 11 is 0. The molecule has 2 aromatic rings. The zero-order valence-corrected chi connectivity index (χ0v) is 20.1. The van der Waals surface area contributed by atoms with Crippen LogP contribution in [0.4, 0.5) is 0 Å². The average Bonchev–Trinajstić information content (AvgIpc) is 2.87. The zero-order chi connectivity index (χ0) is 24.3. The van der Waals surface area contributed by atoms with Crippen molar-refractivity contribution in [3.8, 4) is 0 Å². The third-order valence-electron chi connectivity index (χ3n) is 7.49. The summed E-state index contributed by atoms with van der Waals surface area (Å²) in [4.78, 5) is 40.9. The number of carbonyl (C=O) groups excluding carboxylic acids is 3. The van der Waals surface area contributed by atoms with Crippen molar-refractivity contribution in [3.05, 3.63) is 71.8 Å². The van der Waals surface area contributed by atoms with Crippen molar-refractivity contribution >= 4 is 17.8 Å². The van der Waals surface area contributed by atoms with Gasteiger partial charge in [-0.3, -0.25) is 14.4 Å². The second-order valence-corrected chi connectivity index (χ2v) is 9.39. The molecule has 0 N–H and O–H groups in total. The molecule has 1 unspecified atom stereocenters. The van der Waals surface area contributed by atoms with E-state index in [4.69, 9.17) is 9.47 Å². The number of amides is 1. The highest BCUT2D eigenvalue weighted by molar-refractivity contribution is 6.04. The Bertz CT molecular complexity index is 976. The molecule has 6 nitrogen and oxygen atoms in total. The highest BCUT2D eigenvalue weighted by Crippen LogP contribution is 2.50. The number of methoxy groups -OCH3 is 1. The number of carbonyl (C=O) groups is 3. The lowest BCUT2D eigenvalue weighted by Gasteiger charge is -2.57. The van der Waals surface area contributed by atoms with E-state index in [1.54, 1.807) is 4.90 Å². The summed E-state index contributed by atoms with van der Waals surface area (Å²) < 4.78 is 11.3. The largest absolute Gasteiger partial charge is 0.468 e. The monoisotopic (exact) mass is 463 g/mol. The van der Waals surface area contributed by atoms with Crippen molar-refractivity contribution in [1.29, 1.82) is 0 Å². The minimum atomic E-state index is -1.36. The van der Waals surface area contributed by atoms with Crippen molar-refractivity contribution in [2.24, 2.45) is 11.8 Å². The first-order valence-corrected chi connectivity index (χ1v) is 12.1. The van der Waals surface area contributed by atoms with Gasteiger partial charge in [0.15, 0.2) is 11.5 Å². The number of esters is 2. The van der Waals surface area contributed by atoms with E-state index in [1.165, 1.54) is 20.5 Å². The molecule has 34 heavy (non-hydrogen) atoms. The lowest BCUT2D eigenvalue weighted by Crippen LogP contribution is -2.74. The predicted molar refractivity (Wildman–Crippen MR) is 128 cm³/mol. The first kappa shape index (κ1) is 24.0. The van der Waals surface area contributed by atoms with Crippen LogP contribution in [0.5, 0.6) is 0 Å². The Morgan fingerprint density at radius 2 is 1.47 bits per heavy atom. The van der Waals surface area contributed by atoms with Crippen molar-refractivity contribution in [2.75, 3.05) is 7.11 Å². The van der Waals surface area contributed by atoms with Gasteiger partial charge >= 0.3 is 11.9 Å². The third kappa shape index (κ3) is 4.10. The molecule has 0 aromatic heterocycles. The van der Waals surface area contributed by atoms with E-state index in [2.05, 4.69) is 6.92 Å². The quantitative estimate of drug-likeness (QED) is 0.344. The summed E-state index contributed by atoms with van der Waals surface area (Å²) in [7, 11) is 1.29. The van der Waals surface area contributed by atoms with Gasteiger partial charge in [0.2, 0.25) is 5.91 Å². The van der Waals surface area contributed by atoms with Crippen LogP contribution in [-0.2, 0) is 29.5 Å². The van der Waals surface area contributed by atoms with Gasteiger partial charge in [-0.15, -0.1) is 0 Å². The molecule has 0 radical (unpaired) electrons. The fourth-order valence-electron chi connectivity index (χ4n) is 5.88. The molecule has 1 aliphatic carbocycles. The number of benzene rings is 2. The molecule has 2 fully saturated rings. The van der Waals surface area contributed by atoms with E-state index in [-0.39, 0.29) is 11.9 Å².